The number of thioether (sulfide) groups is 1. The van der Waals surface area contributed by atoms with E-state index in [9.17, 15) is 0 Å². The van der Waals surface area contributed by atoms with Crippen LogP contribution in [0.15, 0.2) is 125 Å². The Morgan fingerprint density at radius 3 is 1.74 bits per heavy atom. The number of hydroxylamine groups is 1. The Balaban J connectivity index is 1.54. The molecule has 3 nitrogen and oxygen atoms in total. The van der Waals surface area contributed by atoms with Crippen molar-refractivity contribution in [3.05, 3.63) is 131 Å². The summed E-state index contributed by atoms with van der Waals surface area (Å²) in [5.41, 5.74) is 7.71. The van der Waals surface area contributed by atoms with Crippen LogP contribution in [0, 0.1) is 0 Å². The van der Waals surface area contributed by atoms with Crippen LogP contribution in [0.2, 0.25) is 5.04 Å². The van der Waals surface area contributed by atoms with Crippen molar-refractivity contribution in [1.82, 2.24) is 10.8 Å². The first-order chi connectivity index (χ1) is 20.1. The minimum atomic E-state index is -2.75. The van der Waals surface area contributed by atoms with Crippen LogP contribution in [-0.4, -0.2) is 27.4 Å². The molecule has 5 heteroatoms. The average Bonchev–Trinajstić information content (AvgIpc) is 2.98. The van der Waals surface area contributed by atoms with Gasteiger partial charge in [0.15, 0.2) is 0 Å². The molecule has 1 atom stereocenters. The third-order valence-corrected chi connectivity index (χ3v) is 14.0. The summed E-state index contributed by atoms with van der Waals surface area (Å²) in [5.74, 6) is 0. The molecule has 5 rings (SSSR count). The molecule has 1 unspecified atom stereocenters. The van der Waals surface area contributed by atoms with Gasteiger partial charge in [0.05, 0.1) is 6.04 Å². The van der Waals surface area contributed by atoms with Gasteiger partial charge in [-0.05, 0) is 49.7 Å². The maximum atomic E-state index is 7.21. The molecular weight excluding hydrogens is 549 g/mol. The second kappa shape index (κ2) is 12.7. The maximum absolute atomic E-state index is 7.21. The van der Waals surface area contributed by atoms with E-state index < -0.39 is 8.32 Å². The van der Waals surface area contributed by atoms with Crippen molar-refractivity contribution in [3.63, 3.8) is 0 Å². The summed E-state index contributed by atoms with van der Waals surface area (Å²) in [7, 11) is -2.75. The standard InChI is InChI=1S/C37H44N2OSSi/c1-36(2,3)29-22-24-30(25-23-29)41-34-27-38-26-33(35(34)28-16-10-7-11-17-28)39-40-42(37(4,5)6,31-18-12-8-13-19-31)32-20-14-9-15-21-32/h7-25,33,38-39H,26-27H2,1-6H3. The van der Waals surface area contributed by atoms with Crippen LogP contribution in [0.4, 0.5) is 0 Å². The van der Waals surface area contributed by atoms with Crippen molar-refractivity contribution >= 4 is 36.0 Å². The number of hydrogen-bond donors (Lipinski definition) is 2. The summed E-state index contributed by atoms with van der Waals surface area (Å²) >= 11 is 1.86. The topological polar surface area (TPSA) is 33.3 Å². The SMILES string of the molecule is CC(C)(C)c1ccc(SC2=C(c3ccccc3)C(NO[Si](c3ccccc3)(c3ccccc3)C(C)(C)C)CNC2)cc1. The molecule has 0 fully saturated rings. The van der Waals surface area contributed by atoms with Gasteiger partial charge < -0.3 is 9.84 Å². The van der Waals surface area contributed by atoms with Gasteiger partial charge in [0, 0.05) is 22.9 Å². The molecule has 42 heavy (non-hydrogen) atoms. The Hall–Kier alpha value is -2.93. The largest absolute Gasteiger partial charge is 0.333 e. The predicted molar refractivity (Wildman–Crippen MR) is 183 cm³/mol. The van der Waals surface area contributed by atoms with Gasteiger partial charge >= 0.3 is 0 Å². The highest BCUT2D eigenvalue weighted by molar-refractivity contribution is 8.03. The molecular formula is C37H44N2OSSi. The first kappa shape index (κ1) is 30.5. The maximum Gasteiger partial charge on any atom is 0.287 e. The lowest BCUT2D eigenvalue weighted by atomic mass is 9.87. The fraction of sp³-hybridized carbons (Fsp3) is 0.297. The Kier molecular flexibility index (Phi) is 9.26. The van der Waals surface area contributed by atoms with E-state index in [2.05, 4.69) is 168 Å². The van der Waals surface area contributed by atoms with E-state index in [0.29, 0.717) is 0 Å². The summed E-state index contributed by atoms with van der Waals surface area (Å²) in [6.07, 6.45) is 0. The summed E-state index contributed by atoms with van der Waals surface area (Å²) in [5, 5.41) is 6.10. The van der Waals surface area contributed by atoms with Gasteiger partial charge in [-0.1, -0.05) is 156 Å². The highest BCUT2D eigenvalue weighted by Crippen LogP contribution is 2.39. The fourth-order valence-corrected chi connectivity index (χ4v) is 11.2. The van der Waals surface area contributed by atoms with E-state index in [-0.39, 0.29) is 16.5 Å². The van der Waals surface area contributed by atoms with Gasteiger partial charge in [-0.25, -0.2) is 5.48 Å². The van der Waals surface area contributed by atoms with Crippen molar-refractivity contribution in [2.45, 2.75) is 62.9 Å². The van der Waals surface area contributed by atoms with Crippen molar-refractivity contribution in [3.8, 4) is 0 Å². The highest BCUT2D eigenvalue weighted by atomic mass is 32.2. The monoisotopic (exact) mass is 592 g/mol. The Morgan fingerprint density at radius 1 is 0.714 bits per heavy atom. The third kappa shape index (κ3) is 6.51. The molecule has 0 amide bonds. The van der Waals surface area contributed by atoms with Crippen molar-refractivity contribution in [1.29, 1.82) is 0 Å². The van der Waals surface area contributed by atoms with Crippen LogP contribution >= 0.6 is 11.8 Å². The minimum absolute atomic E-state index is 0.0147. The second-order valence-corrected chi connectivity index (χ2v) is 18.5. The van der Waals surface area contributed by atoms with Crippen LogP contribution in [-0.2, 0) is 9.94 Å². The van der Waals surface area contributed by atoms with E-state index in [1.165, 1.54) is 36.9 Å². The van der Waals surface area contributed by atoms with Gasteiger partial charge in [-0.3, -0.25) is 0 Å². The summed E-state index contributed by atoms with van der Waals surface area (Å²) in [4.78, 5) is 2.57. The molecule has 0 spiro atoms. The zero-order valence-corrected chi connectivity index (χ0v) is 27.6. The molecule has 1 aliphatic heterocycles. The summed E-state index contributed by atoms with van der Waals surface area (Å²) in [6, 6.07) is 41.5. The molecule has 218 valence electrons. The number of benzene rings is 4. The van der Waals surface area contributed by atoms with E-state index in [1.807, 2.05) is 11.8 Å². The average molecular weight is 593 g/mol. The van der Waals surface area contributed by atoms with Crippen LogP contribution in [0.5, 0.6) is 0 Å². The van der Waals surface area contributed by atoms with Crippen molar-refractivity contribution in [2.24, 2.45) is 0 Å². The van der Waals surface area contributed by atoms with Gasteiger partial charge in [0.2, 0.25) is 0 Å². The van der Waals surface area contributed by atoms with Gasteiger partial charge in [-0.15, -0.1) is 0 Å². The lowest BCUT2D eigenvalue weighted by Gasteiger charge is -2.44. The van der Waals surface area contributed by atoms with Gasteiger partial charge in [0.25, 0.3) is 8.32 Å². The molecule has 4 aromatic carbocycles. The molecule has 2 N–H and O–H groups in total. The lowest BCUT2D eigenvalue weighted by molar-refractivity contribution is 0.159. The first-order valence-corrected chi connectivity index (χ1v) is 17.6. The molecule has 0 bridgehead atoms. The van der Waals surface area contributed by atoms with E-state index in [4.69, 9.17) is 4.53 Å². The molecule has 0 aromatic heterocycles. The zero-order valence-electron chi connectivity index (χ0n) is 25.8. The quantitative estimate of drug-likeness (QED) is 0.164. The van der Waals surface area contributed by atoms with Crippen molar-refractivity contribution < 1.29 is 4.53 Å². The van der Waals surface area contributed by atoms with E-state index in [0.717, 1.165) is 13.1 Å². The molecule has 4 aromatic rings. The van der Waals surface area contributed by atoms with Crippen LogP contribution in [0.25, 0.3) is 5.57 Å². The normalized spacial score (nSPS) is 16.5. The molecule has 1 heterocycles. The predicted octanol–water partition coefficient (Wildman–Crippen LogP) is 7.54. The molecule has 0 saturated carbocycles. The Morgan fingerprint density at radius 2 is 1.24 bits per heavy atom. The molecule has 1 aliphatic rings. The second-order valence-electron chi connectivity index (χ2n) is 13.1. The van der Waals surface area contributed by atoms with Gasteiger partial charge in [-0.2, -0.15) is 0 Å². The highest BCUT2D eigenvalue weighted by Gasteiger charge is 2.51. The van der Waals surface area contributed by atoms with E-state index >= 15 is 0 Å². The zero-order chi connectivity index (χ0) is 29.8. The minimum Gasteiger partial charge on any atom is -0.333 e. The lowest BCUT2D eigenvalue weighted by Crippen LogP contribution is -2.69. The van der Waals surface area contributed by atoms with Gasteiger partial charge in [0.1, 0.15) is 0 Å². The first-order valence-electron chi connectivity index (χ1n) is 14.9. The molecule has 0 saturated heterocycles. The van der Waals surface area contributed by atoms with Crippen molar-refractivity contribution in [2.75, 3.05) is 13.1 Å². The van der Waals surface area contributed by atoms with E-state index in [1.54, 1.807) is 0 Å². The fourth-order valence-electron chi connectivity index (χ4n) is 5.87. The van der Waals surface area contributed by atoms with Crippen LogP contribution < -0.4 is 21.2 Å². The Labute approximate surface area is 257 Å². The summed E-state index contributed by atoms with van der Waals surface area (Å²) < 4.78 is 7.21. The van der Waals surface area contributed by atoms with Crippen LogP contribution in [0.1, 0.15) is 52.7 Å². The summed E-state index contributed by atoms with van der Waals surface area (Å²) in [6.45, 7) is 15.3. The number of hydrogen-bond acceptors (Lipinski definition) is 4. The van der Waals surface area contributed by atoms with Crippen LogP contribution in [0.3, 0.4) is 0 Å². The molecule has 0 radical (unpaired) electrons. The Bertz CT molecular complexity index is 1440. The number of rotatable bonds is 8. The third-order valence-electron chi connectivity index (χ3n) is 8.10. The molecule has 0 aliphatic carbocycles. The number of nitrogens with one attached hydrogen (secondary N) is 2. The smallest absolute Gasteiger partial charge is 0.287 e.